The fourth-order valence-corrected chi connectivity index (χ4v) is 5.10. The van der Waals surface area contributed by atoms with E-state index < -0.39 is 0 Å². The summed E-state index contributed by atoms with van der Waals surface area (Å²) in [5.74, 6) is 0.450. The van der Waals surface area contributed by atoms with Crippen LogP contribution in [0.25, 0.3) is 55.2 Å². The van der Waals surface area contributed by atoms with Gasteiger partial charge in [-0.05, 0) is 35.7 Å². The van der Waals surface area contributed by atoms with Crippen molar-refractivity contribution in [2.45, 2.75) is 0 Å². The smallest absolute Gasteiger partial charge is 0.255 e. The molecule has 1 amide bonds. The number of pyridine rings is 3. The lowest BCUT2D eigenvalue weighted by atomic mass is 10.1. The molecule has 0 atom stereocenters. The van der Waals surface area contributed by atoms with Gasteiger partial charge in [0.2, 0.25) is 0 Å². The van der Waals surface area contributed by atoms with Crippen LogP contribution in [0.1, 0.15) is 10.4 Å². The zero-order valence-electron chi connectivity index (χ0n) is 19.7. The Morgan fingerprint density at radius 2 is 1.76 bits per heavy atom. The van der Waals surface area contributed by atoms with Crippen LogP contribution in [0.2, 0.25) is 0 Å². The molecule has 7 aromatic rings. The van der Waals surface area contributed by atoms with E-state index in [1.165, 1.54) is 0 Å². The van der Waals surface area contributed by atoms with Crippen molar-refractivity contribution in [1.29, 1.82) is 0 Å². The van der Waals surface area contributed by atoms with Crippen LogP contribution in [0.15, 0.2) is 91.0 Å². The molecular formula is C28H18N8OS. The third-order valence-electron chi connectivity index (χ3n) is 6.19. The summed E-state index contributed by atoms with van der Waals surface area (Å²) in [5.41, 5.74) is 6.77. The van der Waals surface area contributed by atoms with Gasteiger partial charge >= 0.3 is 0 Å². The molecule has 0 radical (unpaired) electrons. The lowest BCUT2D eigenvalue weighted by Crippen LogP contribution is -2.11. The second-order valence-corrected chi connectivity index (χ2v) is 9.57. The van der Waals surface area contributed by atoms with Crippen LogP contribution in [0.5, 0.6) is 0 Å². The Bertz CT molecular complexity index is 1930. The number of amides is 1. The van der Waals surface area contributed by atoms with Gasteiger partial charge in [0.05, 0.1) is 29.0 Å². The Hall–Kier alpha value is -5.22. The molecule has 1 aromatic carbocycles. The molecular weight excluding hydrogens is 496 g/mol. The number of rotatable bonds is 5. The lowest BCUT2D eigenvalue weighted by Gasteiger charge is -2.07. The number of fused-ring (bicyclic) bond motifs is 2. The van der Waals surface area contributed by atoms with Gasteiger partial charge in [0, 0.05) is 45.7 Å². The van der Waals surface area contributed by atoms with E-state index in [9.17, 15) is 4.79 Å². The molecule has 0 saturated carbocycles. The molecule has 6 heterocycles. The summed E-state index contributed by atoms with van der Waals surface area (Å²) in [4.78, 5) is 35.2. The summed E-state index contributed by atoms with van der Waals surface area (Å²) in [5, 5.41) is 13.2. The standard InChI is InChI=1S/C28H18N8OS/c37-28(16-5-2-1-3-6-16)32-19-9-17(11-29-13-19)18-10-20-25(35-36-26(20)31-12-18)27-33-22-15-30-14-21(24(22)34-27)23-7-4-8-38-23/h1-15H,(H,32,37)(H,33,34)(H,31,35,36). The van der Waals surface area contributed by atoms with Gasteiger partial charge < -0.3 is 10.3 Å². The van der Waals surface area contributed by atoms with Crippen LogP contribution in [0, 0.1) is 0 Å². The van der Waals surface area contributed by atoms with Gasteiger partial charge in [-0.15, -0.1) is 11.3 Å². The Kier molecular flexibility index (Phi) is 5.22. The number of carbonyl (C=O) groups is 1. The highest BCUT2D eigenvalue weighted by Crippen LogP contribution is 2.33. The topological polar surface area (TPSA) is 125 Å². The maximum absolute atomic E-state index is 12.6. The first-order valence-corrected chi connectivity index (χ1v) is 12.6. The van der Waals surface area contributed by atoms with Gasteiger partial charge in [0.1, 0.15) is 11.2 Å². The van der Waals surface area contributed by atoms with Crippen molar-refractivity contribution in [3.05, 3.63) is 96.5 Å². The monoisotopic (exact) mass is 514 g/mol. The highest BCUT2D eigenvalue weighted by atomic mass is 32.1. The van der Waals surface area contributed by atoms with Crippen molar-refractivity contribution in [2.75, 3.05) is 5.32 Å². The Morgan fingerprint density at radius 3 is 2.63 bits per heavy atom. The van der Waals surface area contributed by atoms with Crippen LogP contribution < -0.4 is 5.32 Å². The Labute approximate surface area is 219 Å². The van der Waals surface area contributed by atoms with Crippen molar-refractivity contribution < 1.29 is 4.79 Å². The molecule has 10 heteroatoms. The molecule has 0 fully saturated rings. The maximum Gasteiger partial charge on any atom is 0.255 e. The molecule has 0 saturated heterocycles. The molecule has 9 nitrogen and oxygen atoms in total. The number of benzene rings is 1. The normalized spacial score (nSPS) is 11.3. The number of hydrogen-bond donors (Lipinski definition) is 3. The highest BCUT2D eigenvalue weighted by molar-refractivity contribution is 7.13. The van der Waals surface area contributed by atoms with E-state index in [1.807, 2.05) is 48.0 Å². The number of nitrogens with one attached hydrogen (secondary N) is 3. The highest BCUT2D eigenvalue weighted by Gasteiger charge is 2.17. The third kappa shape index (κ3) is 3.89. The van der Waals surface area contributed by atoms with Gasteiger partial charge in [0.25, 0.3) is 5.91 Å². The number of aromatic nitrogens is 7. The predicted octanol–water partition coefficient (Wildman–Crippen LogP) is 5.94. The van der Waals surface area contributed by atoms with Crippen molar-refractivity contribution in [2.24, 2.45) is 0 Å². The molecule has 0 bridgehead atoms. The largest absolute Gasteiger partial charge is 0.335 e. The number of H-pyrrole nitrogens is 2. The van der Waals surface area contributed by atoms with Crippen LogP contribution in [-0.4, -0.2) is 41.0 Å². The van der Waals surface area contributed by atoms with Crippen molar-refractivity contribution in [3.8, 4) is 33.1 Å². The first kappa shape index (κ1) is 22.0. The second kappa shape index (κ2) is 9.02. The van der Waals surface area contributed by atoms with Crippen molar-refractivity contribution in [3.63, 3.8) is 0 Å². The Balaban J connectivity index is 1.25. The fraction of sp³-hybridized carbons (Fsp3) is 0. The van der Waals surface area contributed by atoms with Gasteiger partial charge in [-0.2, -0.15) is 5.10 Å². The average Bonchev–Trinajstić information content (AvgIpc) is 3.73. The molecule has 0 unspecified atom stereocenters. The minimum absolute atomic E-state index is 0.198. The number of imidazole rings is 1. The summed E-state index contributed by atoms with van der Waals surface area (Å²) in [7, 11) is 0. The zero-order valence-corrected chi connectivity index (χ0v) is 20.5. The molecule has 182 valence electrons. The minimum atomic E-state index is -0.198. The summed E-state index contributed by atoms with van der Waals surface area (Å²) in [6.45, 7) is 0. The van der Waals surface area contributed by atoms with Crippen LogP contribution in [-0.2, 0) is 0 Å². The first-order valence-electron chi connectivity index (χ1n) is 11.8. The molecule has 3 N–H and O–H groups in total. The number of carbonyl (C=O) groups excluding carboxylic acids is 1. The molecule has 38 heavy (non-hydrogen) atoms. The van der Waals surface area contributed by atoms with E-state index in [0.29, 0.717) is 22.7 Å². The van der Waals surface area contributed by atoms with E-state index >= 15 is 0 Å². The van der Waals surface area contributed by atoms with Gasteiger partial charge in [-0.25, -0.2) is 9.97 Å². The average molecular weight is 515 g/mol. The SMILES string of the molecule is O=C(Nc1cncc(-c2cnc3n[nH]c(-c4nc5c(-c6cccs6)cncc5[nH]4)c3c2)c1)c1ccccc1. The molecule has 7 rings (SSSR count). The summed E-state index contributed by atoms with van der Waals surface area (Å²) in [6, 6.07) is 17.0. The molecule has 6 aromatic heterocycles. The van der Waals surface area contributed by atoms with Crippen LogP contribution in [0.3, 0.4) is 0 Å². The molecule has 0 aliphatic rings. The van der Waals surface area contributed by atoms with E-state index in [1.54, 1.807) is 48.3 Å². The van der Waals surface area contributed by atoms with Gasteiger partial charge in [-0.1, -0.05) is 24.3 Å². The summed E-state index contributed by atoms with van der Waals surface area (Å²) < 4.78 is 0. The number of anilines is 1. The van der Waals surface area contributed by atoms with E-state index in [4.69, 9.17) is 4.98 Å². The van der Waals surface area contributed by atoms with Crippen molar-refractivity contribution in [1.82, 2.24) is 35.1 Å². The summed E-state index contributed by atoms with van der Waals surface area (Å²) in [6.07, 6.45) is 8.70. The number of aromatic amines is 2. The Morgan fingerprint density at radius 1 is 0.895 bits per heavy atom. The van der Waals surface area contributed by atoms with E-state index in [0.717, 1.165) is 43.7 Å². The van der Waals surface area contributed by atoms with Gasteiger partial charge in [0.15, 0.2) is 11.5 Å². The first-order chi connectivity index (χ1) is 18.7. The van der Waals surface area contributed by atoms with Crippen molar-refractivity contribution >= 4 is 45.0 Å². The fourth-order valence-electron chi connectivity index (χ4n) is 4.36. The van der Waals surface area contributed by atoms with E-state index in [-0.39, 0.29) is 5.91 Å². The quantitative estimate of drug-likeness (QED) is 0.261. The second-order valence-electron chi connectivity index (χ2n) is 8.62. The molecule has 0 aliphatic carbocycles. The van der Waals surface area contributed by atoms with E-state index in [2.05, 4.69) is 41.5 Å². The summed E-state index contributed by atoms with van der Waals surface area (Å²) >= 11 is 1.65. The minimum Gasteiger partial charge on any atom is -0.335 e. The number of nitrogens with zero attached hydrogens (tertiary/aromatic N) is 5. The molecule has 0 aliphatic heterocycles. The maximum atomic E-state index is 12.6. The number of hydrogen-bond acceptors (Lipinski definition) is 7. The van der Waals surface area contributed by atoms with Crippen LogP contribution >= 0.6 is 11.3 Å². The third-order valence-corrected chi connectivity index (χ3v) is 7.10. The number of thiophene rings is 1. The van der Waals surface area contributed by atoms with Crippen LogP contribution in [0.4, 0.5) is 5.69 Å². The van der Waals surface area contributed by atoms with Gasteiger partial charge in [-0.3, -0.25) is 19.9 Å². The lowest BCUT2D eigenvalue weighted by molar-refractivity contribution is 0.102. The molecule has 0 spiro atoms. The predicted molar refractivity (Wildman–Crippen MR) is 148 cm³/mol. The zero-order chi connectivity index (χ0) is 25.5.